The van der Waals surface area contributed by atoms with Gasteiger partial charge in [0, 0.05) is 21.3 Å². The van der Waals surface area contributed by atoms with Crippen LogP contribution < -0.4 is 10.6 Å². The summed E-state index contributed by atoms with van der Waals surface area (Å²) in [5.74, 6) is -1.34. The van der Waals surface area contributed by atoms with E-state index in [2.05, 4.69) is 10.6 Å². The number of nitrogens with one attached hydrogen (secondary N) is 2. The van der Waals surface area contributed by atoms with Gasteiger partial charge in [0.2, 0.25) is 11.8 Å². The Morgan fingerprint density at radius 3 is 2.27 bits per heavy atom. The van der Waals surface area contributed by atoms with Crippen LogP contribution >= 0.6 is 23.4 Å². The number of aromatic carboxylic acids is 1. The van der Waals surface area contributed by atoms with E-state index in [-0.39, 0.29) is 29.0 Å². The molecule has 3 aromatic rings. The van der Waals surface area contributed by atoms with Crippen LogP contribution in [0.4, 0.5) is 11.4 Å². The molecule has 0 aliphatic heterocycles. The normalized spacial score (nSPS) is 11.5. The van der Waals surface area contributed by atoms with Crippen molar-refractivity contribution in [3.05, 3.63) is 88.9 Å². The van der Waals surface area contributed by atoms with E-state index in [9.17, 15) is 14.4 Å². The second-order valence-electron chi connectivity index (χ2n) is 7.27. The maximum atomic E-state index is 12.7. The fourth-order valence-corrected chi connectivity index (χ4v) is 4.18. The molecule has 33 heavy (non-hydrogen) atoms. The first-order chi connectivity index (χ1) is 15.8. The van der Waals surface area contributed by atoms with Gasteiger partial charge in [0.25, 0.3) is 0 Å². The zero-order valence-electron chi connectivity index (χ0n) is 17.9. The van der Waals surface area contributed by atoms with Gasteiger partial charge in [0.05, 0.1) is 17.2 Å². The van der Waals surface area contributed by atoms with Crippen LogP contribution in [0, 0.1) is 0 Å². The molecule has 3 N–H and O–H groups in total. The Kier molecular flexibility index (Phi) is 8.52. The number of carboxylic acid groups (broad SMARTS) is 1. The Morgan fingerprint density at radius 1 is 0.939 bits per heavy atom. The van der Waals surface area contributed by atoms with Crippen LogP contribution in [0.2, 0.25) is 5.02 Å². The molecule has 0 bridgehead atoms. The predicted molar refractivity (Wildman–Crippen MR) is 132 cm³/mol. The quantitative estimate of drug-likeness (QED) is 0.338. The van der Waals surface area contributed by atoms with E-state index in [4.69, 9.17) is 16.7 Å². The molecule has 3 rings (SSSR count). The second-order valence-corrected chi connectivity index (χ2v) is 8.98. The van der Waals surface area contributed by atoms with Crippen LogP contribution in [0.15, 0.2) is 77.7 Å². The van der Waals surface area contributed by atoms with E-state index in [0.717, 1.165) is 10.5 Å². The average Bonchev–Trinajstić information content (AvgIpc) is 2.79. The summed E-state index contributed by atoms with van der Waals surface area (Å²) in [5, 5.41) is 15.0. The summed E-state index contributed by atoms with van der Waals surface area (Å²) in [6, 6.07) is 20.5. The number of carbonyl (C=O) groups excluding carboxylic acids is 2. The fourth-order valence-electron chi connectivity index (χ4n) is 3.05. The second kappa shape index (κ2) is 11.5. The summed E-state index contributed by atoms with van der Waals surface area (Å²) in [6.45, 7) is 1.92. The third-order valence-corrected chi connectivity index (χ3v) is 6.35. The highest BCUT2D eigenvalue weighted by Gasteiger charge is 2.18. The first-order valence-electron chi connectivity index (χ1n) is 10.3. The zero-order valence-corrected chi connectivity index (χ0v) is 19.5. The van der Waals surface area contributed by atoms with Gasteiger partial charge in [0.1, 0.15) is 0 Å². The lowest BCUT2D eigenvalue weighted by molar-refractivity contribution is -0.116. The van der Waals surface area contributed by atoms with Gasteiger partial charge in [-0.15, -0.1) is 11.8 Å². The molecular formula is C25H23ClN2O4S. The van der Waals surface area contributed by atoms with Crippen molar-refractivity contribution in [3.63, 3.8) is 0 Å². The van der Waals surface area contributed by atoms with Crippen LogP contribution in [0.5, 0.6) is 0 Å². The molecule has 6 nitrogen and oxygen atoms in total. The van der Waals surface area contributed by atoms with E-state index in [1.807, 2.05) is 37.3 Å². The molecule has 0 saturated heterocycles. The minimum atomic E-state index is -1.02. The van der Waals surface area contributed by atoms with Crippen molar-refractivity contribution in [3.8, 4) is 0 Å². The number of carboxylic acids is 1. The summed E-state index contributed by atoms with van der Waals surface area (Å²) in [4.78, 5) is 36.9. The van der Waals surface area contributed by atoms with Crippen molar-refractivity contribution in [2.75, 3.05) is 10.6 Å². The van der Waals surface area contributed by atoms with Crippen LogP contribution in [-0.2, 0) is 16.0 Å². The van der Waals surface area contributed by atoms with E-state index < -0.39 is 5.97 Å². The van der Waals surface area contributed by atoms with Crippen molar-refractivity contribution in [1.29, 1.82) is 0 Å². The van der Waals surface area contributed by atoms with Crippen molar-refractivity contribution in [2.45, 2.75) is 29.9 Å². The summed E-state index contributed by atoms with van der Waals surface area (Å²) in [6.07, 6.45) is 0.825. The summed E-state index contributed by atoms with van der Waals surface area (Å²) >= 11 is 7.28. The summed E-state index contributed by atoms with van der Waals surface area (Å²) < 4.78 is 0. The lowest BCUT2D eigenvalue weighted by Gasteiger charge is -2.15. The number of carbonyl (C=O) groups is 3. The zero-order chi connectivity index (χ0) is 23.8. The van der Waals surface area contributed by atoms with Gasteiger partial charge >= 0.3 is 5.97 Å². The molecule has 2 amide bonds. The Morgan fingerprint density at radius 2 is 1.64 bits per heavy atom. The molecule has 0 heterocycles. The average molecular weight is 483 g/mol. The van der Waals surface area contributed by atoms with E-state index in [1.165, 1.54) is 23.9 Å². The van der Waals surface area contributed by atoms with Crippen LogP contribution in [0.25, 0.3) is 0 Å². The summed E-state index contributed by atoms with van der Waals surface area (Å²) in [7, 11) is 0. The lowest BCUT2D eigenvalue weighted by atomic mass is 10.1. The van der Waals surface area contributed by atoms with Gasteiger partial charge in [0.15, 0.2) is 0 Å². The highest BCUT2D eigenvalue weighted by molar-refractivity contribution is 8.00. The number of hydrogen-bond acceptors (Lipinski definition) is 4. The molecule has 3 aromatic carbocycles. The molecule has 8 heteroatoms. The number of benzene rings is 3. The summed E-state index contributed by atoms with van der Waals surface area (Å²) in [5.41, 5.74) is 2.21. The molecule has 0 aliphatic carbocycles. The van der Waals surface area contributed by atoms with E-state index in [0.29, 0.717) is 22.8 Å². The minimum Gasteiger partial charge on any atom is -0.478 e. The van der Waals surface area contributed by atoms with Gasteiger partial charge in [-0.2, -0.15) is 0 Å². The molecule has 170 valence electrons. The van der Waals surface area contributed by atoms with E-state index in [1.54, 1.807) is 30.3 Å². The molecule has 0 aromatic heterocycles. The van der Waals surface area contributed by atoms with Crippen LogP contribution in [-0.4, -0.2) is 28.1 Å². The number of halogens is 1. The Balaban J connectivity index is 1.59. The Labute approximate surface area is 201 Å². The number of amides is 2. The monoisotopic (exact) mass is 482 g/mol. The number of hydrogen-bond donors (Lipinski definition) is 3. The predicted octanol–water partition coefficient (Wildman–Crippen LogP) is 5.73. The minimum absolute atomic E-state index is 0.144. The van der Waals surface area contributed by atoms with Crippen molar-refractivity contribution < 1.29 is 19.5 Å². The SMILES string of the molecule is CCC(Sc1cccc(NC(=O)Cc2ccc(Cl)cc2)c1)C(=O)Nc1ccc(C(=O)O)cc1. The smallest absolute Gasteiger partial charge is 0.335 e. The van der Waals surface area contributed by atoms with Crippen LogP contribution in [0.1, 0.15) is 29.3 Å². The molecule has 0 saturated carbocycles. The Hall–Kier alpha value is -3.29. The largest absolute Gasteiger partial charge is 0.478 e. The number of thioether (sulfide) groups is 1. The maximum absolute atomic E-state index is 12.7. The first-order valence-corrected chi connectivity index (χ1v) is 11.5. The molecule has 1 unspecified atom stereocenters. The van der Waals surface area contributed by atoms with Gasteiger partial charge in [-0.05, 0) is 66.6 Å². The van der Waals surface area contributed by atoms with Gasteiger partial charge in [-0.25, -0.2) is 4.79 Å². The van der Waals surface area contributed by atoms with Gasteiger partial charge in [-0.3, -0.25) is 9.59 Å². The molecule has 0 radical (unpaired) electrons. The molecule has 1 atom stereocenters. The fraction of sp³-hybridized carbons (Fsp3) is 0.160. The molecule has 0 aliphatic rings. The van der Waals surface area contributed by atoms with Crippen molar-refractivity contribution in [1.82, 2.24) is 0 Å². The van der Waals surface area contributed by atoms with Gasteiger partial charge in [-0.1, -0.05) is 36.7 Å². The number of anilines is 2. The Bertz CT molecular complexity index is 1130. The standard InChI is InChI=1S/C25H23ClN2O4S/c1-2-22(24(30)28-19-12-8-17(9-13-19)25(31)32)33-21-5-3-4-20(15-21)27-23(29)14-16-6-10-18(26)11-7-16/h3-13,15,22H,2,14H2,1H3,(H,27,29)(H,28,30)(H,31,32). The third-order valence-electron chi connectivity index (χ3n) is 4.74. The third kappa shape index (κ3) is 7.37. The van der Waals surface area contributed by atoms with Crippen molar-refractivity contribution in [2.24, 2.45) is 0 Å². The lowest BCUT2D eigenvalue weighted by Crippen LogP contribution is -2.24. The highest BCUT2D eigenvalue weighted by Crippen LogP contribution is 2.28. The highest BCUT2D eigenvalue weighted by atomic mass is 35.5. The maximum Gasteiger partial charge on any atom is 0.335 e. The first kappa shape index (κ1) is 24.4. The molecule has 0 fully saturated rings. The van der Waals surface area contributed by atoms with Crippen molar-refractivity contribution >= 4 is 52.5 Å². The molecule has 0 spiro atoms. The topological polar surface area (TPSA) is 95.5 Å². The number of rotatable bonds is 9. The van der Waals surface area contributed by atoms with E-state index >= 15 is 0 Å². The molecular weight excluding hydrogens is 460 g/mol. The van der Waals surface area contributed by atoms with Gasteiger partial charge < -0.3 is 15.7 Å². The van der Waals surface area contributed by atoms with Crippen LogP contribution in [0.3, 0.4) is 0 Å².